The van der Waals surface area contributed by atoms with E-state index in [1.165, 1.54) is 0 Å². The SMILES string of the molecule is O=C(N[C@H](C(=O)N1CCOCC1)c1ccccc1)c1ccc(-n2cccc2)cc1. The van der Waals surface area contributed by atoms with E-state index in [-0.39, 0.29) is 11.8 Å². The van der Waals surface area contributed by atoms with Gasteiger partial charge in [-0.3, -0.25) is 9.59 Å². The topological polar surface area (TPSA) is 63.6 Å². The number of carbonyl (C=O) groups excluding carboxylic acids is 2. The number of carbonyl (C=O) groups is 2. The molecule has 0 radical (unpaired) electrons. The van der Waals surface area contributed by atoms with Gasteiger partial charge in [0.25, 0.3) is 5.91 Å². The first-order chi connectivity index (χ1) is 14.2. The fourth-order valence-corrected chi connectivity index (χ4v) is 3.41. The van der Waals surface area contributed by atoms with Gasteiger partial charge in [-0.1, -0.05) is 30.3 Å². The van der Waals surface area contributed by atoms with Crippen molar-refractivity contribution in [3.63, 3.8) is 0 Å². The largest absolute Gasteiger partial charge is 0.378 e. The molecule has 1 saturated heterocycles. The molecular weight excluding hydrogens is 366 g/mol. The van der Waals surface area contributed by atoms with Crippen LogP contribution < -0.4 is 5.32 Å². The highest BCUT2D eigenvalue weighted by atomic mass is 16.5. The molecule has 4 rings (SSSR count). The Bertz CT molecular complexity index is 947. The summed E-state index contributed by atoms with van der Waals surface area (Å²) >= 11 is 0. The number of amides is 2. The minimum absolute atomic E-state index is 0.114. The van der Waals surface area contributed by atoms with Crippen molar-refractivity contribution >= 4 is 11.8 Å². The molecule has 1 aromatic heterocycles. The minimum Gasteiger partial charge on any atom is -0.378 e. The fourth-order valence-electron chi connectivity index (χ4n) is 3.41. The van der Waals surface area contributed by atoms with Gasteiger partial charge in [-0.25, -0.2) is 0 Å². The van der Waals surface area contributed by atoms with Gasteiger partial charge in [0, 0.05) is 36.7 Å². The van der Waals surface area contributed by atoms with Crippen LogP contribution in [0.2, 0.25) is 0 Å². The van der Waals surface area contributed by atoms with Gasteiger partial charge in [0.15, 0.2) is 0 Å². The van der Waals surface area contributed by atoms with Crippen LogP contribution >= 0.6 is 0 Å². The molecule has 0 aliphatic carbocycles. The molecule has 1 aliphatic rings. The molecular formula is C23H23N3O3. The van der Waals surface area contributed by atoms with Crippen LogP contribution in [0.4, 0.5) is 0 Å². The Labute approximate surface area is 169 Å². The van der Waals surface area contributed by atoms with Crippen molar-refractivity contribution in [2.24, 2.45) is 0 Å². The summed E-state index contributed by atoms with van der Waals surface area (Å²) in [4.78, 5) is 27.8. The lowest BCUT2D eigenvalue weighted by molar-refractivity contribution is -0.137. The number of rotatable bonds is 5. The number of ether oxygens (including phenoxy) is 1. The second-order valence-corrected chi connectivity index (χ2v) is 6.89. The Morgan fingerprint density at radius 2 is 1.52 bits per heavy atom. The van der Waals surface area contributed by atoms with E-state index in [2.05, 4.69) is 5.32 Å². The lowest BCUT2D eigenvalue weighted by Crippen LogP contribution is -2.47. The quantitative estimate of drug-likeness (QED) is 0.730. The van der Waals surface area contributed by atoms with Crippen molar-refractivity contribution in [1.29, 1.82) is 0 Å². The van der Waals surface area contributed by atoms with E-state index in [4.69, 9.17) is 4.74 Å². The number of aromatic nitrogens is 1. The lowest BCUT2D eigenvalue weighted by atomic mass is 10.0. The first-order valence-electron chi connectivity index (χ1n) is 9.68. The summed E-state index contributed by atoms with van der Waals surface area (Å²) in [5.74, 6) is -0.392. The van der Waals surface area contributed by atoms with Gasteiger partial charge in [-0.2, -0.15) is 0 Å². The molecule has 0 spiro atoms. The van der Waals surface area contributed by atoms with E-state index >= 15 is 0 Å². The Balaban J connectivity index is 1.53. The van der Waals surface area contributed by atoms with Crippen molar-refractivity contribution in [3.05, 3.63) is 90.3 Å². The van der Waals surface area contributed by atoms with Crippen LogP contribution in [-0.4, -0.2) is 47.6 Å². The average Bonchev–Trinajstić information content (AvgIpc) is 3.33. The molecule has 0 saturated carbocycles. The van der Waals surface area contributed by atoms with Crippen LogP contribution in [-0.2, 0) is 9.53 Å². The van der Waals surface area contributed by atoms with Crippen molar-refractivity contribution in [1.82, 2.24) is 14.8 Å². The molecule has 2 heterocycles. The third kappa shape index (κ3) is 4.38. The Morgan fingerprint density at radius 3 is 2.17 bits per heavy atom. The molecule has 1 fully saturated rings. The van der Waals surface area contributed by atoms with Gasteiger partial charge in [0.1, 0.15) is 6.04 Å². The van der Waals surface area contributed by atoms with Crippen LogP contribution in [0.25, 0.3) is 5.69 Å². The van der Waals surface area contributed by atoms with E-state index in [1.54, 1.807) is 17.0 Å². The van der Waals surface area contributed by atoms with E-state index in [0.29, 0.717) is 31.9 Å². The molecule has 0 unspecified atom stereocenters. The highest BCUT2D eigenvalue weighted by Crippen LogP contribution is 2.18. The Morgan fingerprint density at radius 1 is 0.862 bits per heavy atom. The Kier molecular flexibility index (Phi) is 5.72. The van der Waals surface area contributed by atoms with Crippen molar-refractivity contribution < 1.29 is 14.3 Å². The van der Waals surface area contributed by atoms with Gasteiger partial charge in [-0.15, -0.1) is 0 Å². The molecule has 6 nitrogen and oxygen atoms in total. The maximum Gasteiger partial charge on any atom is 0.252 e. The lowest BCUT2D eigenvalue weighted by Gasteiger charge is -2.31. The molecule has 2 aromatic carbocycles. The van der Waals surface area contributed by atoms with Crippen LogP contribution in [0.3, 0.4) is 0 Å². The summed E-state index contributed by atoms with van der Waals surface area (Å²) in [6.07, 6.45) is 3.89. The standard InChI is InChI=1S/C23H23N3O3/c27-22(19-8-10-20(11-9-19)25-12-4-5-13-25)24-21(18-6-2-1-3-7-18)23(28)26-14-16-29-17-15-26/h1-13,21H,14-17H2,(H,24,27)/t21-/m0/s1. The second-order valence-electron chi connectivity index (χ2n) is 6.89. The Hall–Kier alpha value is -3.38. The molecule has 1 N–H and O–H groups in total. The van der Waals surface area contributed by atoms with Gasteiger partial charge < -0.3 is 19.5 Å². The highest BCUT2D eigenvalue weighted by Gasteiger charge is 2.28. The first kappa shape index (κ1) is 19.0. The number of morpholine rings is 1. The smallest absolute Gasteiger partial charge is 0.252 e. The molecule has 148 valence electrons. The number of benzene rings is 2. The fraction of sp³-hybridized carbons (Fsp3) is 0.217. The highest BCUT2D eigenvalue weighted by molar-refractivity contribution is 5.98. The summed E-state index contributed by atoms with van der Waals surface area (Å²) in [5, 5.41) is 2.92. The molecule has 3 aromatic rings. The van der Waals surface area contributed by atoms with Crippen molar-refractivity contribution in [3.8, 4) is 5.69 Å². The number of nitrogens with one attached hydrogen (secondary N) is 1. The number of nitrogens with zero attached hydrogens (tertiary/aromatic N) is 2. The van der Waals surface area contributed by atoms with E-state index in [0.717, 1.165) is 11.3 Å². The summed E-state index contributed by atoms with van der Waals surface area (Å²) in [6.45, 7) is 2.09. The molecule has 29 heavy (non-hydrogen) atoms. The minimum atomic E-state index is -0.731. The molecule has 6 heteroatoms. The zero-order valence-electron chi connectivity index (χ0n) is 16.0. The maximum atomic E-state index is 13.1. The monoisotopic (exact) mass is 389 g/mol. The van der Waals surface area contributed by atoms with Crippen molar-refractivity contribution in [2.75, 3.05) is 26.3 Å². The maximum absolute atomic E-state index is 13.1. The van der Waals surface area contributed by atoms with Crippen LogP contribution in [0.15, 0.2) is 79.1 Å². The molecule has 1 atom stereocenters. The second kappa shape index (κ2) is 8.75. The summed E-state index contributed by atoms with van der Waals surface area (Å²) < 4.78 is 7.31. The predicted molar refractivity (Wildman–Crippen MR) is 110 cm³/mol. The van der Waals surface area contributed by atoms with Crippen molar-refractivity contribution in [2.45, 2.75) is 6.04 Å². The first-order valence-corrected chi connectivity index (χ1v) is 9.68. The summed E-state index contributed by atoms with van der Waals surface area (Å²) in [7, 11) is 0. The third-order valence-corrected chi connectivity index (χ3v) is 5.01. The van der Waals surface area contributed by atoms with Gasteiger partial charge in [0.2, 0.25) is 5.91 Å². The van der Waals surface area contributed by atoms with E-state index in [1.807, 2.05) is 71.6 Å². The zero-order chi connectivity index (χ0) is 20.1. The normalized spacial score (nSPS) is 15.0. The third-order valence-electron chi connectivity index (χ3n) is 5.01. The van der Waals surface area contributed by atoms with E-state index in [9.17, 15) is 9.59 Å². The molecule has 1 aliphatic heterocycles. The van der Waals surface area contributed by atoms with Crippen LogP contribution in [0.1, 0.15) is 22.0 Å². The van der Waals surface area contributed by atoms with E-state index < -0.39 is 6.04 Å². The van der Waals surface area contributed by atoms with Crippen LogP contribution in [0, 0.1) is 0 Å². The number of hydrogen-bond donors (Lipinski definition) is 1. The average molecular weight is 389 g/mol. The zero-order valence-corrected chi connectivity index (χ0v) is 16.0. The summed E-state index contributed by atoms with van der Waals surface area (Å²) in [5.41, 5.74) is 2.24. The molecule has 2 amide bonds. The predicted octanol–water partition coefficient (Wildman–Crippen LogP) is 2.81. The van der Waals surface area contributed by atoms with Gasteiger partial charge in [0.05, 0.1) is 13.2 Å². The van der Waals surface area contributed by atoms with Gasteiger partial charge in [-0.05, 0) is 42.0 Å². The van der Waals surface area contributed by atoms with Crippen LogP contribution in [0.5, 0.6) is 0 Å². The summed E-state index contributed by atoms with van der Waals surface area (Å²) in [6, 6.07) is 19.8. The number of hydrogen-bond acceptors (Lipinski definition) is 3. The molecule has 0 bridgehead atoms. The van der Waals surface area contributed by atoms with Gasteiger partial charge >= 0.3 is 0 Å².